The maximum atomic E-state index is 5.82. The second-order valence-corrected chi connectivity index (χ2v) is 6.54. The molecule has 5 heteroatoms. The van der Waals surface area contributed by atoms with Crippen LogP contribution in [0.25, 0.3) is 22.4 Å². The molecule has 0 fully saturated rings. The first-order valence-corrected chi connectivity index (χ1v) is 8.24. The summed E-state index contributed by atoms with van der Waals surface area (Å²) in [5, 5.41) is 0. The Hall–Kier alpha value is -1.34. The van der Waals surface area contributed by atoms with Crippen molar-refractivity contribution in [3.63, 3.8) is 0 Å². The van der Waals surface area contributed by atoms with E-state index < -0.39 is 0 Å². The number of nitrogens with one attached hydrogen (secondary N) is 1. The van der Waals surface area contributed by atoms with Gasteiger partial charge < -0.3 is 9.72 Å². The number of hydrogen-bond acceptors (Lipinski definition) is 2. The van der Waals surface area contributed by atoms with Crippen molar-refractivity contribution in [2.45, 2.75) is 0 Å². The monoisotopic (exact) mass is 454 g/mol. The largest absolute Gasteiger partial charge is 0.488 e. The second-order valence-electron chi connectivity index (χ2n) is 4.47. The van der Waals surface area contributed by atoms with Gasteiger partial charge in [-0.2, -0.15) is 0 Å². The van der Waals surface area contributed by atoms with Crippen molar-refractivity contribution in [3.05, 3.63) is 57.1 Å². The van der Waals surface area contributed by atoms with E-state index in [1.807, 2.05) is 36.4 Å². The molecule has 0 bridgehead atoms. The lowest BCUT2D eigenvalue weighted by atomic mass is 10.2. The van der Waals surface area contributed by atoms with Gasteiger partial charge in [0.1, 0.15) is 18.2 Å². The van der Waals surface area contributed by atoms with Crippen LogP contribution in [-0.4, -0.2) is 16.6 Å². The van der Waals surface area contributed by atoms with E-state index in [0.717, 1.165) is 36.2 Å². The zero-order valence-corrected chi connectivity index (χ0v) is 14.8. The molecule has 0 aliphatic carbocycles. The quantitative estimate of drug-likeness (QED) is 0.436. The Balaban J connectivity index is 2.17. The van der Waals surface area contributed by atoms with Crippen LogP contribution in [-0.2, 0) is 0 Å². The van der Waals surface area contributed by atoms with Crippen LogP contribution in [0.4, 0.5) is 0 Å². The lowest BCUT2D eigenvalue weighted by Crippen LogP contribution is -1.98. The fourth-order valence-corrected chi connectivity index (χ4v) is 3.77. The number of nitrogens with zero attached hydrogens (tertiary/aromatic N) is 1. The van der Waals surface area contributed by atoms with Gasteiger partial charge in [0, 0.05) is 4.47 Å². The van der Waals surface area contributed by atoms with E-state index in [1.165, 1.54) is 0 Å². The molecule has 3 nitrogen and oxygen atoms in total. The molecule has 0 saturated carbocycles. The van der Waals surface area contributed by atoms with Crippen LogP contribution in [0.2, 0.25) is 0 Å². The van der Waals surface area contributed by atoms with Gasteiger partial charge in [0.25, 0.3) is 0 Å². The molecule has 21 heavy (non-hydrogen) atoms. The average molecular weight is 455 g/mol. The van der Waals surface area contributed by atoms with E-state index in [2.05, 4.69) is 55.1 Å². The number of halogens is 2. The van der Waals surface area contributed by atoms with E-state index >= 15 is 0 Å². The van der Waals surface area contributed by atoms with Crippen molar-refractivity contribution in [1.29, 1.82) is 0 Å². The summed E-state index contributed by atoms with van der Waals surface area (Å²) in [5.41, 5.74) is 2.89. The number of ether oxygens (including phenoxy) is 1. The summed E-state index contributed by atoms with van der Waals surface area (Å²) in [4.78, 5) is 7.99. The van der Waals surface area contributed by atoms with Crippen molar-refractivity contribution >= 4 is 49.6 Å². The number of aromatic amines is 1. The van der Waals surface area contributed by atoms with Gasteiger partial charge in [-0.1, -0.05) is 40.7 Å². The van der Waals surface area contributed by atoms with Crippen LogP contribution in [0.15, 0.2) is 53.5 Å². The smallest absolute Gasteiger partial charge is 0.144 e. The van der Waals surface area contributed by atoms with E-state index in [-0.39, 0.29) is 0 Å². The Morgan fingerprint density at radius 2 is 2.14 bits per heavy atom. The molecule has 0 amide bonds. The molecule has 1 heterocycles. The molecule has 3 rings (SSSR count). The van der Waals surface area contributed by atoms with E-state index in [4.69, 9.17) is 4.74 Å². The van der Waals surface area contributed by atoms with Crippen LogP contribution in [0.5, 0.6) is 5.75 Å². The summed E-state index contributed by atoms with van der Waals surface area (Å²) >= 11 is 5.80. The minimum atomic E-state index is 0.463. The highest BCUT2D eigenvalue weighted by Gasteiger charge is 2.15. The normalized spacial score (nSPS) is 10.8. The lowest BCUT2D eigenvalue weighted by Gasteiger charge is -2.11. The molecule has 106 valence electrons. The maximum Gasteiger partial charge on any atom is 0.144 e. The first-order chi connectivity index (χ1) is 10.2. The van der Waals surface area contributed by atoms with Crippen LogP contribution in [0, 0.1) is 3.57 Å². The van der Waals surface area contributed by atoms with Crippen molar-refractivity contribution in [1.82, 2.24) is 9.97 Å². The molecule has 0 unspecified atom stereocenters. The van der Waals surface area contributed by atoms with Gasteiger partial charge in [-0.05, 0) is 46.9 Å². The van der Waals surface area contributed by atoms with Crippen LogP contribution in [0.3, 0.4) is 0 Å². The summed E-state index contributed by atoms with van der Waals surface area (Å²) in [7, 11) is 0. The molecular weight excluding hydrogens is 443 g/mol. The first-order valence-electron chi connectivity index (χ1n) is 6.37. The Morgan fingerprint density at radius 1 is 1.33 bits per heavy atom. The Labute approximate surface area is 144 Å². The highest BCUT2D eigenvalue weighted by atomic mass is 127. The number of fused-ring (bicyclic) bond motifs is 1. The van der Waals surface area contributed by atoms with Gasteiger partial charge in [0.2, 0.25) is 0 Å². The number of imidazole rings is 1. The van der Waals surface area contributed by atoms with Gasteiger partial charge in [-0.3, -0.25) is 0 Å². The van der Waals surface area contributed by atoms with Gasteiger partial charge in [-0.15, -0.1) is 0 Å². The highest BCUT2D eigenvalue weighted by molar-refractivity contribution is 14.1. The van der Waals surface area contributed by atoms with Crippen LogP contribution < -0.4 is 4.74 Å². The van der Waals surface area contributed by atoms with E-state index in [9.17, 15) is 0 Å². The summed E-state index contributed by atoms with van der Waals surface area (Å²) in [6.07, 6.45) is 1.74. The van der Waals surface area contributed by atoms with E-state index in [1.54, 1.807) is 6.08 Å². The molecule has 0 spiro atoms. The summed E-state index contributed by atoms with van der Waals surface area (Å²) in [6, 6.07) is 12.0. The topological polar surface area (TPSA) is 37.9 Å². The Morgan fingerprint density at radius 3 is 2.90 bits per heavy atom. The molecule has 1 N–H and O–H groups in total. The zero-order chi connectivity index (χ0) is 14.8. The number of benzene rings is 2. The van der Waals surface area contributed by atoms with Crippen LogP contribution in [0.1, 0.15) is 0 Å². The van der Waals surface area contributed by atoms with Crippen molar-refractivity contribution in [3.8, 4) is 17.1 Å². The number of rotatable bonds is 4. The zero-order valence-electron chi connectivity index (χ0n) is 11.1. The Bertz CT molecular complexity index is 780. The SMILES string of the molecule is C=CCOc1c(I)cc(Br)cc1-c1nc2ccccc2[nH]1. The highest BCUT2D eigenvalue weighted by Crippen LogP contribution is 2.36. The van der Waals surface area contributed by atoms with E-state index in [0.29, 0.717) is 6.61 Å². The minimum absolute atomic E-state index is 0.463. The van der Waals surface area contributed by atoms with Gasteiger partial charge in [-0.25, -0.2) is 4.98 Å². The standard InChI is InChI=1S/C16H12BrIN2O/c1-2-7-21-15-11(8-10(17)9-12(15)18)16-19-13-5-3-4-6-14(13)20-16/h2-6,8-9H,1,7H2,(H,19,20). The fourth-order valence-electron chi connectivity index (χ4n) is 2.11. The molecule has 3 aromatic rings. The predicted molar refractivity (Wildman–Crippen MR) is 97.6 cm³/mol. The lowest BCUT2D eigenvalue weighted by molar-refractivity contribution is 0.362. The summed E-state index contributed by atoms with van der Waals surface area (Å²) < 4.78 is 7.84. The molecule has 0 aliphatic rings. The molecule has 0 radical (unpaired) electrons. The third-order valence-corrected chi connectivity index (χ3v) is 4.26. The van der Waals surface area contributed by atoms with Crippen LogP contribution >= 0.6 is 38.5 Å². The molecule has 0 saturated heterocycles. The predicted octanol–water partition coefficient (Wildman–Crippen LogP) is 5.16. The number of hydrogen-bond donors (Lipinski definition) is 1. The second kappa shape index (κ2) is 6.19. The van der Waals surface area contributed by atoms with Gasteiger partial charge >= 0.3 is 0 Å². The third-order valence-electron chi connectivity index (χ3n) is 3.00. The Kier molecular flexibility index (Phi) is 4.30. The molecule has 1 aromatic heterocycles. The number of aromatic nitrogens is 2. The third kappa shape index (κ3) is 2.98. The molecule has 0 atom stereocenters. The molecule has 2 aromatic carbocycles. The summed E-state index contributed by atoms with van der Waals surface area (Å²) in [6.45, 7) is 4.16. The minimum Gasteiger partial charge on any atom is -0.488 e. The molecule has 0 aliphatic heterocycles. The first kappa shape index (κ1) is 14.6. The number of H-pyrrole nitrogens is 1. The van der Waals surface area contributed by atoms with Crippen molar-refractivity contribution < 1.29 is 4.74 Å². The van der Waals surface area contributed by atoms with Gasteiger partial charge in [0.15, 0.2) is 0 Å². The van der Waals surface area contributed by atoms with Gasteiger partial charge in [0.05, 0.1) is 20.2 Å². The van der Waals surface area contributed by atoms with Crippen molar-refractivity contribution in [2.75, 3.05) is 6.61 Å². The van der Waals surface area contributed by atoms with Crippen molar-refractivity contribution in [2.24, 2.45) is 0 Å². The fraction of sp³-hybridized carbons (Fsp3) is 0.0625. The maximum absolute atomic E-state index is 5.82. The molecular formula is C16H12BrIN2O. The summed E-state index contributed by atoms with van der Waals surface area (Å²) in [5.74, 6) is 1.62. The number of para-hydroxylation sites is 2. The average Bonchev–Trinajstić information content (AvgIpc) is 2.89.